The van der Waals surface area contributed by atoms with E-state index in [1.54, 1.807) is 0 Å². The van der Waals surface area contributed by atoms with Gasteiger partial charge >= 0.3 is 5.97 Å². The van der Waals surface area contributed by atoms with E-state index in [0.29, 0.717) is 6.42 Å². The van der Waals surface area contributed by atoms with Crippen LogP contribution >= 0.6 is 0 Å². The summed E-state index contributed by atoms with van der Waals surface area (Å²) in [5.41, 5.74) is 4.83. The Morgan fingerprint density at radius 2 is 1.15 bits per heavy atom. The lowest BCUT2D eigenvalue weighted by Crippen LogP contribution is -2.38. The van der Waals surface area contributed by atoms with Crippen molar-refractivity contribution >= 4 is 23.3 Å². The number of carbonyl (C=O) groups excluding carboxylic acids is 1. The summed E-state index contributed by atoms with van der Waals surface area (Å²) in [5.74, 6) is -0.735. The Hall–Kier alpha value is -2.82. The van der Waals surface area contributed by atoms with Crippen LogP contribution in [0.4, 0.5) is 11.4 Å². The zero-order chi connectivity index (χ0) is 19.3. The molecule has 0 spiro atoms. The van der Waals surface area contributed by atoms with E-state index < -0.39 is 5.97 Å². The van der Waals surface area contributed by atoms with E-state index in [0.717, 1.165) is 49.9 Å². The number of hydrogen-bond acceptors (Lipinski definition) is 3. The minimum Gasteiger partial charge on any atom is -0.481 e. The summed E-state index contributed by atoms with van der Waals surface area (Å²) in [6, 6.07) is 19.5. The lowest BCUT2D eigenvalue weighted by atomic mass is 10.1. The molecule has 2 rings (SSSR count). The molecule has 0 bridgehead atoms. The third kappa shape index (κ3) is 7.94. The lowest BCUT2D eigenvalue weighted by Gasteiger charge is -2.25. The summed E-state index contributed by atoms with van der Waals surface area (Å²) in [6.45, 7) is 0. The monoisotopic (exact) mass is 368 g/mol. The summed E-state index contributed by atoms with van der Waals surface area (Å²) in [4.78, 5) is 22.8. The quantitative estimate of drug-likeness (QED) is 0.406. The molecule has 2 aromatic rings. The van der Waals surface area contributed by atoms with Crippen molar-refractivity contribution in [3.63, 3.8) is 0 Å². The molecule has 0 aliphatic heterocycles. The van der Waals surface area contributed by atoms with Crippen LogP contribution in [-0.4, -0.2) is 17.0 Å². The van der Waals surface area contributed by atoms with Gasteiger partial charge in [-0.2, -0.15) is 0 Å². The molecule has 0 aliphatic rings. The van der Waals surface area contributed by atoms with Gasteiger partial charge in [-0.25, -0.2) is 0 Å². The molecule has 0 aromatic heterocycles. The van der Waals surface area contributed by atoms with Crippen molar-refractivity contribution in [1.29, 1.82) is 0 Å². The van der Waals surface area contributed by atoms with Crippen LogP contribution in [0.3, 0.4) is 0 Å². The second-order valence-corrected chi connectivity index (χ2v) is 6.56. The number of anilines is 2. The van der Waals surface area contributed by atoms with Crippen LogP contribution in [-0.2, 0) is 9.59 Å². The number of carboxylic acids is 1. The minimum absolute atomic E-state index is 0.00594. The Labute approximate surface area is 161 Å². The predicted molar refractivity (Wildman–Crippen MR) is 108 cm³/mol. The van der Waals surface area contributed by atoms with Gasteiger partial charge in [-0.1, -0.05) is 62.1 Å². The maximum Gasteiger partial charge on any atom is 0.303 e. The number of carbonyl (C=O) groups is 2. The average Bonchev–Trinajstić information content (AvgIpc) is 2.69. The maximum atomic E-state index is 12.4. The zero-order valence-corrected chi connectivity index (χ0v) is 15.6. The summed E-state index contributed by atoms with van der Waals surface area (Å²) in [7, 11) is 0. The van der Waals surface area contributed by atoms with Crippen LogP contribution in [0, 0.1) is 0 Å². The second kappa shape index (κ2) is 11.7. The van der Waals surface area contributed by atoms with Gasteiger partial charge in [-0.05, 0) is 37.1 Å². The number of benzene rings is 2. The van der Waals surface area contributed by atoms with E-state index in [2.05, 4.69) is 5.43 Å². The van der Waals surface area contributed by atoms with Crippen molar-refractivity contribution in [2.75, 3.05) is 5.01 Å². The topological polar surface area (TPSA) is 69.6 Å². The van der Waals surface area contributed by atoms with Crippen LogP contribution in [0.5, 0.6) is 0 Å². The Kier molecular flexibility index (Phi) is 8.90. The van der Waals surface area contributed by atoms with Crippen molar-refractivity contribution in [3.8, 4) is 0 Å². The molecule has 5 heteroatoms. The van der Waals surface area contributed by atoms with E-state index in [1.807, 2.05) is 65.7 Å². The standard InChI is InChI=1S/C22H28N2O3/c25-21(17-11-3-1-2-4-12-18-22(26)27)23-24(19-13-7-5-8-14-19)20-15-9-6-10-16-20/h5-10,13-16H,1-4,11-12,17-18H2,(H,23,25)(H,26,27). The number of para-hydroxylation sites is 2. The van der Waals surface area contributed by atoms with Crippen molar-refractivity contribution in [1.82, 2.24) is 5.43 Å². The lowest BCUT2D eigenvalue weighted by molar-refractivity contribution is -0.137. The van der Waals surface area contributed by atoms with Gasteiger partial charge in [0.15, 0.2) is 0 Å². The maximum absolute atomic E-state index is 12.4. The van der Waals surface area contributed by atoms with Crippen LogP contribution in [0.2, 0.25) is 0 Å². The first-order valence-corrected chi connectivity index (χ1v) is 9.58. The number of aliphatic carboxylic acids is 1. The van der Waals surface area contributed by atoms with Gasteiger partial charge in [0, 0.05) is 12.8 Å². The summed E-state index contributed by atoms with van der Waals surface area (Å²) < 4.78 is 0. The number of hydrogen-bond donors (Lipinski definition) is 2. The van der Waals surface area contributed by atoms with Gasteiger partial charge in [-0.15, -0.1) is 0 Å². The van der Waals surface area contributed by atoms with E-state index in [9.17, 15) is 9.59 Å². The zero-order valence-electron chi connectivity index (χ0n) is 15.6. The van der Waals surface area contributed by atoms with E-state index >= 15 is 0 Å². The molecule has 0 aliphatic carbocycles. The highest BCUT2D eigenvalue weighted by Crippen LogP contribution is 2.22. The van der Waals surface area contributed by atoms with E-state index in [-0.39, 0.29) is 12.3 Å². The molecule has 0 saturated heterocycles. The molecule has 0 fully saturated rings. The van der Waals surface area contributed by atoms with Gasteiger partial charge in [0.25, 0.3) is 0 Å². The Morgan fingerprint density at radius 3 is 1.63 bits per heavy atom. The van der Waals surface area contributed by atoms with Gasteiger partial charge in [0.1, 0.15) is 0 Å². The molecule has 144 valence electrons. The van der Waals surface area contributed by atoms with Crippen molar-refractivity contribution in [2.45, 2.75) is 51.4 Å². The van der Waals surface area contributed by atoms with Gasteiger partial charge in [0.05, 0.1) is 11.4 Å². The highest BCUT2D eigenvalue weighted by atomic mass is 16.4. The molecule has 0 heterocycles. The van der Waals surface area contributed by atoms with Crippen LogP contribution in [0.25, 0.3) is 0 Å². The smallest absolute Gasteiger partial charge is 0.303 e. The molecule has 0 atom stereocenters. The fourth-order valence-electron chi connectivity index (χ4n) is 2.88. The Balaban J connectivity index is 1.75. The molecule has 0 saturated carbocycles. The molecule has 1 amide bonds. The highest BCUT2D eigenvalue weighted by Gasteiger charge is 2.12. The fourth-order valence-corrected chi connectivity index (χ4v) is 2.88. The molecular weight excluding hydrogens is 340 g/mol. The second-order valence-electron chi connectivity index (χ2n) is 6.56. The molecule has 2 N–H and O–H groups in total. The van der Waals surface area contributed by atoms with Crippen LogP contribution in [0.1, 0.15) is 51.4 Å². The average molecular weight is 368 g/mol. The molecular formula is C22H28N2O3. The predicted octanol–water partition coefficient (Wildman–Crippen LogP) is 5.06. The number of amides is 1. The van der Waals surface area contributed by atoms with Crippen LogP contribution < -0.4 is 10.4 Å². The highest BCUT2D eigenvalue weighted by molar-refractivity contribution is 5.80. The van der Waals surface area contributed by atoms with Crippen molar-refractivity contribution in [2.24, 2.45) is 0 Å². The Morgan fingerprint density at radius 1 is 0.704 bits per heavy atom. The first-order valence-electron chi connectivity index (χ1n) is 9.58. The first-order chi connectivity index (χ1) is 13.2. The van der Waals surface area contributed by atoms with Crippen molar-refractivity contribution < 1.29 is 14.7 Å². The third-order valence-corrected chi connectivity index (χ3v) is 4.31. The molecule has 0 radical (unpaired) electrons. The van der Waals surface area contributed by atoms with Gasteiger partial charge < -0.3 is 5.11 Å². The van der Waals surface area contributed by atoms with E-state index in [4.69, 9.17) is 5.11 Å². The SMILES string of the molecule is O=C(O)CCCCCCCCC(=O)NN(c1ccccc1)c1ccccc1. The number of hydrazine groups is 1. The third-order valence-electron chi connectivity index (χ3n) is 4.31. The molecule has 5 nitrogen and oxygen atoms in total. The van der Waals surface area contributed by atoms with Gasteiger partial charge in [0.2, 0.25) is 5.91 Å². The first kappa shape index (κ1) is 20.5. The summed E-state index contributed by atoms with van der Waals surface area (Å²) >= 11 is 0. The fraction of sp³-hybridized carbons (Fsp3) is 0.364. The molecule has 27 heavy (non-hydrogen) atoms. The summed E-state index contributed by atoms with van der Waals surface area (Å²) in [5, 5.41) is 10.4. The molecule has 0 unspecified atom stereocenters. The van der Waals surface area contributed by atoms with Gasteiger partial charge in [-0.3, -0.25) is 20.0 Å². The number of unbranched alkanes of at least 4 members (excludes halogenated alkanes) is 5. The van der Waals surface area contributed by atoms with E-state index in [1.165, 1.54) is 0 Å². The summed E-state index contributed by atoms with van der Waals surface area (Å²) in [6.07, 6.45) is 6.28. The minimum atomic E-state index is -0.729. The molecule has 2 aromatic carbocycles. The number of carboxylic acid groups (broad SMARTS) is 1. The number of nitrogens with zero attached hydrogens (tertiary/aromatic N) is 1. The largest absolute Gasteiger partial charge is 0.481 e. The number of rotatable bonds is 12. The normalized spacial score (nSPS) is 10.4. The van der Waals surface area contributed by atoms with Crippen LogP contribution in [0.15, 0.2) is 60.7 Å². The number of nitrogens with one attached hydrogen (secondary N) is 1. The van der Waals surface area contributed by atoms with Crippen molar-refractivity contribution in [3.05, 3.63) is 60.7 Å². The Bertz CT molecular complexity index is 650.